The second kappa shape index (κ2) is 4.55. The van der Waals surface area contributed by atoms with E-state index in [1.165, 1.54) is 5.56 Å². The van der Waals surface area contributed by atoms with E-state index in [0.717, 1.165) is 37.9 Å². The molecule has 1 fully saturated rings. The summed E-state index contributed by atoms with van der Waals surface area (Å²) in [4.78, 5) is 0. The number of aromatic nitrogens is 2. The molecule has 1 aliphatic carbocycles. The second-order valence-corrected chi connectivity index (χ2v) is 4.81. The number of nitrogens with one attached hydrogen (secondary N) is 1. The van der Waals surface area contributed by atoms with Crippen LogP contribution >= 0.6 is 0 Å². The van der Waals surface area contributed by atoms with Gasteiger partial charge in [-0.15, -0.1) is 0 Å². The zero-order valence-corrected chi connectivity index (χ0v) is 10.2. The Bertz CT molecular complexity index is 355. The van der Waals surface area contributed by atoms with Gasteiger partial charge in [-0.05, 0) is 25.7 Å². The highest BCUT2D eigenvalue weighted by Crippen LogP contribution is 2.30. The van der Waals surface area contributed by atoms with Crippen molar-refractivity contribution in [3.05, 3.63) is 17.5 Å². The Morgan fingerprint density at radius 3 is 2.88 bits per heavy atom. The van der Waals surface area contributed by atoms with Gasteiger partial charge in [0.15, 0.2) is 0 Å². The topological polar surface area (TPSA) is 50.1 Å². The van der Waals surface area contributed by atoms with Crippen LogP contribution in [0.5, 0.6) is 0 Å². The third-order valence-corrected chi connectivity index (χ3v) is 3.38. The lowest BCUT2D eigenvalue weighted by molar-refractivity contribution is -0.0314. The Hall–Kier alpha value is -0.870. The molecule has 0 saturated heterocycles. The largest absolute Gasteiger partial charge is 0.389 e. The molecule has 1 aromatic heterocycles. The van der Waals surface area contributed by atoms with Crippen LogP contribution in [0, 0.1) is 0 Å². The lowest BCUT2D eigenvalue weighted by Gasteiger charge is -2.36. The van der Waals surface area contributed by atoms with Gasteiger partial charge in [0.1, 0.15) is 0 Å². The summed E-state index contributed by atoms with van der Waals surface area (Å²) in [5.74, 6) is 0. The predicted molar refractivity (Wildman–Crippen MR) is 63.1 cm³/mol. The zero-order chi connectivity index (χ0) is 11.6. The van der Waals surface area contributed by atoms with Crippen LogP contribution in [-0.2, 0) is 20.0 Å². The molecule has 0 bridgehead atoms. The fourth-order valence-electron chi connectivity index (χ4n) is 2.22. The molecule has 1 saturated carbocycles. The van der Waals surface area contributed by atoms with Crippen LogP contribution in [0.25, 0.3) is 0 Å². The van der Waals surface area contributed by atoms with Gasteiger partial charge in [0.25, 0.3) is 0 Å². The number of aliphatic hydroxyl groups is 1. The smallest absolute Gasteiger partial charge is 0.0771 e. The van der Waals surface area contributed by atoms with E-state index in [1.54, 1.807) is 0 Å². The lowest BCUT2D eigenvalue weighted by Crippen LogP contribution is -2.46. The fourth-order valence-corrected chi connectivity index (χ4v) is 2.22. The van der Waals surface area contributed by atoms with Crippen molar-refractivity contribution in [1.82, 2.24) is 15.1 Å². The van der Waals surface area contributed by atoms with Crippen LogP contribution in [0.1, 0.15) is 37.4 Å². The molecule has 0 spiro atoms. The highest BCUT2D eigenvalue weighted by molar-refractivity contribution is 5.16. The van der Waals surface area contributed by atoms with Crippen LogP contribution in [0.2, 0.25) is 0 Å². The Balaban J connectivity index is 1.84. The van der Waals surface area contributed by atoms with Crippen LogP contribution in [0.15, 0.2) is 6.20 Å². The maximum Gasteiger partial charge on any atom is 0.0771 e. The summed E-state index contributed by atoms with van der Waals surface area (Å²) in [6.07, 6.45) is 6.05. The van der Waals surface area contributed by atoms with Gasteiger partial charge in [0, 0.05) is 31.9 Å². The molecule has 4 nitrogen and oxygen atoms in total. The van der Waals surface area contributed by atoms with E-state index in [1.807, 2.05) is 11.7 Å². The van der Waals surface area contributed by atoms with E-state index in [0.29, 0.717) is 6.54 Å². The molecule has 0 unspecified atom stereocenters. The molecule has 0 aromatic carbocycles. The molecule has 2 rings (SSSR count). The maximum atomic E-state index is 9.94. The molecule has 0 aliphatic heterocycles. The van der Waals surface area contributed by atoms with Gasteiger partial charge in [-0.3, -0.25) is 4.68 Å². The van der Waals surface area contributed by atoms with Crippen molar-refractivity contribution >= 4 is 0 Å². The van der Waals surface area contributed by atoms with Gasteiger partial charge in [0.2, 0.25) is 0 Å². The highest BCUT2D eigenvalue weighted by atomic mass is 16.3. The van der Waals surface area contributed by atoms with E-state index in [4.69, 9.17) is 0 Å². The number of rotatable bonds is 5. The molecule has 1 aromatic rings. The van der Waals surface area contributed by atoms with Crippen LogP contribution in [-0.4, -0.2) is 27.0 Å². The Morgan fingerprint density at radius 1 is 1.56 bits per heavy atom. The molecule has 2 N–H and O–H groups in total. The van der Waals surface area contributed by atoms with Crippen LogP contribution in [0.3, 0.4) is 0 Å². The minimum Gasteiger partial charge on any atom is -0.389 e. The normalized spacial score (nSPS) is 18.4. The van der Waals surface area contributed by atoms with Gasteiger partial charge >= 0.3 is 0 Å². The molecule has 1 heterocycles. The molecular weight excluding hydrogens is 202 g/mol. The summed E-state index contributed by atoms with van der Waals surface area (Å²) in [7, 11) is 1.95. The van der Waals surface area contributed by atoms with Crippen molar-refractivity contribution < 1.29 is 5.11 Å². The molecule has 1 aliphatic rings. The Labute approximate surface area is 96.7 Å². The van der Waals surface area contributed by atoms with Crippen molar-refractivity contribution in [2.24, 2.45) is 7.05 Å². The molecule has 0 amide bonds. The van der Waals surface area contributed by atoms with E-state index in [2.05, 4.69) is 23.5 Å². The zero-order valence-electron chi connectivity index (χ0n) is 10.2. The summed E-state index contributed by atoms with van der Waals surface area (Å²) in [5.41, 5.74) is 1.96. The third-order valence-electron chi connectivity index (χ3n) is 3.38. The quantitative estimate of drug-likeness (QED) is 0.782. The summed E-state index contributed by atoms with van der Waals surface area (Å²) in [5, 5.41) is 17.7. The van der Waals surface area contributed by atoms with E-state index in [9.17, 15) is 5.11 Å². The van der Waals surface area contributed by atoms with E-state index in [-0.39, 0.29) is 0 Å². The first-order chi connectivity index (χ1) is 7.63. The summed E-state index contributed by atoms with van der Waals surface area (Å²) < 4.78 is 1.86. The maximum absolute atomic E-state index is 9.94. The number of hydrogen-bond donors (Lipinski definition) is 2. The highest BCUT2D eigenvalue weighted by Gasteiger charge is 2.33. The molecule has 16 heavy (non-hydrogen) atoms. The number of nitrogens with zero attached hydrogens (tertiary/aromatic N) is 2. The molecular formula is C12H21N3O. The summed E-state index contributed by atoms with van der Waals surface area (Å²) >= 11 is 0. The number of aryl methyl sites for hydroxylation is 2. The first-order valence-electron chi connectivity index (χ1n) is 6.07. The minimum absolute atomic E-state index is 0.436. The predicted octanol–water partition coefficient (Wildman–Crippen LogP) is 0.987. The second-order valence-electron chi connectivity index (χ2n) is 4.81. The minimum atomic E-state index is -0.436. The molecule has 0 radical (unpaired) electrons. The van der Waals surface area contributed by atoms with Crippen molar-refractivity contribution in [2.45, 2.75) is 44.8 Å². The average Bonchev–Trinajstić information content (AvgIpc) is 2.56. The van der Waals surface area contributed by atoms with Crippen molar-refractivity contribution in [3.63, 3.8) is 0 Å². The van der Waals surface area contributed by atoms with Crippen LogP contribution in [0.4, 0.5) is 0 Å². The molecule has 4 heteroatoms. The third kappa shape index (κ3) is 2.44. The first-order valence-corrected chi connectivity index (χ1v) is 6.07. The van der Waals surface area contributed by atoms with Gasteiger partial charge in [0.05, 0.1) is 11.3 Å². The average molecular weight is 223 g/mol. The van der Waals surface area contributed by atoms with Crippen molar-refractivity contribution in [3.8, 4) is 0 Å². The van der Waals surface area contributed by atoms with Gasteiger partial charge in [-0.2, -0.15) is 5.10 Å². The molecule has 0 atom stereocenters. The van der Waals surface area contributed by atoms with E-state index >= 15 is 0 Å². The van der Waals surface area contributed by atoms with Gasteiger partial charge in [-0.25, -0.2) is 0 Å². The standard InChI is InChI=1S/C12H21N3O/c1-3-11-10(8-15(2)14-11)7-13-9-12(16)5-4-6-12/h8,13,16H,3-7,9H2,1-2H3. The molecule has 90 valence electrons. The van der Waals surface area contributed by atoms with E-state index < -0.39 is 5.60 Å². The Kier molecular flexibility index (Phi) is 3.30. The van der Waals surface area contributed by atoms with Crippen molar-refractivity contribution in [2.75, 3.05) is 6.54 Å². The Morgan fingerprint density at radius 2 is 2.31 bits per heavy atom. The first kappa shape index (κ1) is 11.6. The van der Waals surface area contributed by atoms with Crippen LogP contribution < -0.4 is 5.32 Å². The monoisotopic (exact) mass is 223 g/mol. The fraction of sp³-hybridized carbons (Fsp3) is 0.750. The van der Waals surface area contributed by atoms with Gasteiger partial charge in [-0.1, -0.05) is 6.92 Å². The van der Waals surface area contributed by atoms with Gasteiger partial charge < -0.3 is 10.4 Å². The SMILES string of the molecule is CCc1nn(C)cc1CNCC1(O)CCC1. The summed E-state index contributed by atoms with van der Waals surface area (Å²) in [6, 6.07) is 0. The van der Waals surface area contributed by atoms with Crippen molar-refractivity contribution in [1.29, 1.82) is 0 Å². The number of hydrogen-bond acceptors (Lipinski definition) is 3. The lowest BCUT2D eigenvalue weighted by atomic mass is 9.80. The summed E-state index contributed by atoms with van der Waals surface area (Å²) in [6.45, 7) is 3.62.